The first kappa shape index (κ1) is 19.2. The number of halogens is 3. The standard InChI is InChI=1S/C19H17F3N2O2/c1-10-7-15(12(3)19(20,21)22)8-11(2)16(10)24-18(26)14-6-4-5-13(9-14)17(23)25/h4-9H,3H2,1-2H3,(H2,23,25)(H,24,26). The molecule has 0 bridgehead atoms. The summed E-state index contributed by atoms with van der Waals surface area (Å²) in [5, 5.41) is 2.66. The van der Waals surface area contributed by atoms with E-state index in [0.717, 1.165) is 0 Å². The van der Waals surface area contributed by atoms with E-state index in [1.807, 2.05) is 0 Å². The van der Waals surface area contributed by atoms with Gasteiger partial charge in [-0.05, 0) is 60.9 Å². The lowest BCUT2D eigenvalue weighted by Crippen LogP contribution is -2.17. The third-order valence-electron chi connectivity index (χ3n) is 3.87. The SMILES string of the molecule is C=C(c1cc(C)c(NC(=O)c2cccc(C(N)=O)c2)c(C)c1)C(F)(F)F. The largest absolute Gasteiger partial charge is 0.416 e. The molecule has 0 aliphatic carbocycles. The third-order valence-corrected chi connectivity index (χ3v) is 3.87. The molecule has 26 heavy (non-hydrogen) atoms. The molecule has 0 aliphatic rings. The van der Waals surface area contributed by atoms with Gasteiger partial charge in [-0.25, -0.2) is 0 Å². The van der Waals surface area contributed by atoms with Crippen LogP contribution in [0, 0.1) is 13.8 Å². The number of carbonyl (C=O) groups excluding carboxylic acids is 2. The second-order valence-electron chi connectivity index (χ2n) is 5.86. The Kier molecular flexibility index (Phi) is 5.20. The van der Waals surface area contributed by atoms with E-state index >= 15 is 0 Å². The Bertz CT molecular complexity index is 879. The van der Waals surface area contributed by atoms with Gasteiger partial charge >= 0.3 is 6.18 Å². The summed E-state index contributed by atoms with van der Waals surface area (Å²) < 4.78 is 38.5. The van der Waals surface area contributed by atoms with Crippen molar-refractivity contribution in [2.24, 2.45) is 5.73 Å². The van der Waals surface area contributed by atoms with Crippen LogP contribution < -0.4 is 11.1 Å². The van der Waals surface area contributed by atoms with Gasteiger partial charge in [-0.3, -0.25) is 9.59 Å². The zero-order valence-corrected chi connectivity index (χ0v) is 14.2. The van der Waals surface area contributed by atoms with E-state index in [1.54, 1.807) is 13.8 Å². The summed E-state index contributed by atoms with van der Waals surface area (Å²) in [7, 11) is 0. The molecule has 0 saturated carbocycles. The van der Waals surface area contributed by atoms with Gasteiger partial charge in [-0.15, -0.1) is 0 Å². The van der Waals surface area contributed by atoms with Crippen LogP contribution in [0.1, 0.15) is 37.4 Å². The minimum atomic E-state index is -4.53. The number of aryl methyl sites for hydroxylation is 2. The lowest BCUT2D eigenvalue weighted by atomic mass is 9.99. The van der Waals surface area contributed by atoms with Gasteiger partial charge in [0.05, 0.1) is 5.57 Å². The van der Waals surface area contributed by atoms with Crippen molar-refractivity contribution in [3.63, 3.8) is 0 Å². The lowest BCUT2D eigenvalue weighted by Gasteiger charge is -2.16. The van der Waals surface area contributed by atoms with Gasteiger partial charge in [0.1, 0.15) is 0 Å². The van der Waals surface area contributed by atoms with Gasteiger partial charge in [0.15, 0.2) is 0 Å². The maximum Gasteiger partial charge on any atom is 0.416 e. The lowest BCUT2D eigenvalue weighted by molar-refractivity contribution is -0.0686. The van der Waals surface area contributed by atoms with Crippen molar-refractivity contribution in [2.75, 3.05) is 5.32 Å². The van der Waals surface area contributed by atoms with Crippen LogP contribution in [0.2, 0.25) is 0 Å². The summed E-state index contributed by atoms with van der Waals surface area (Å²) >= 11 is 0. The molecule has 3 N–H and O–H groups in total. The van der Waals surface area contributed by atoms with E-state index in [2.05, 4.69) is 11.9 Å². The van der Waals surface area contributed by atoms with Crippen LogP contribution in [-0.4, -0.2) is 18.0 Å². The Morgan fingerprint density at radius 2 is 1.54 bits per heavy atom. The second kappa shape index (κ2) is 7.03. The fraction of sp³-hybridized carbons (Fsp3) is 0.158. The predicted octanol–water partition coefficient (Wildman–Crippen LogP) is 4.23. The normalized spacial score (nSPS) is 11.1. The molecule has 0 atom stereocenters. The van der Waals surface area contributed by atoms with Crippen LogP contribution in [0.15, 0.2) is 43.0 Å². The summed E-state index contributed by atoms with van der Waals surface area (Å²) in [5.41, 5.74) is 5.91. The molecule has 2 amide bonds. The van der Waals surface area contributed by atoms with Crippen molar-refractivity contribution >= 4 is 23.1 Å². The van der Waals surface area contributed by atoms with Gasteiger partial charge in [0.25, 0.3) is 5.91 Å². The topological polar surface area (TPSA) is 72.2 Å². The smallest absolute Gasteiger partial charge is 0.366 e. The summed E-state index contributed by atoms with van der Waals surface area (Å²) in [5.74, 6) is -1.16. The number of hydrogen-bond acceptors (Lipinski definition) is 2. The van der Waals surface area contributed by atoms with Gasteiger partial charge in [-0.2, -0.15) is 13.2 Å². The molecule has 7 heteroatoms. The zero-order chi connectivity index (χ0) is 19.6. The first-order valence-electron chi connectivity index (χ1n) is 7.59. The molecule has 0 aliphatic heterocycles. The molecule has 0 radical (unpaired) electrons. The molecule has 0 aromatic heterocycles. The molecule has 0 unspecified atom stereocenters. The Hall–Kier alpha value is -3.09. The highest BCUT2D eigenvalue weighted by molar-refractivity contribution is 6.06. The van der Waals surface area contributed by atoms with Crippen molar-refractivity contribution in [1.29, 1.82) is 0 Å². The maximum atomic E-state index is 12.8. The second-order valence-corrected chi connectivity index (χ2v) is 5.86. The fourth-order valence-corrected chi connectivity index (χ4v) is 2.50. The number of nitrogens with one attached hydrogen (secondary N) is 1. The van der Waals surface area contributed by atoms with Crippen LogP contribution in [0.4, 0.5) is 18.9 Å². The van der Waals surface area contributed by atoms with Gasteiger partial charge in [0, 0.05) is 16.8 Å². The Labute approximate surface area is 148 Å². The van der Waals surface area contributed by atoms with Gasteiger partial charge in [0.2, 0.25) is 5.91 Å². The molecule has 2 aromatic carbocycles. The number of allylic oxidation sites excluding steroid dienone is 1. The molecule has 2 rings (SSSR count). The van der Waals surface area contributed by atoms with E-state index in [0.29, 0.717) is 16.8 Å². The zero-order valence-electron chi connectivity index (χ0n) is 14.2. The average molecular weight is 362 g/mol. The van der Waals surface area contributed by atoms with E-state index < -0.39 is 23.6 Å². The quantitative estimate of drug-likeness (QED) is 0.854. The number of hydrogen-bond donors (Lipinski definition) is 2. The van der Waals surface area contributed by atoms with Crippen molar-refractivity contribution in [3.8, 4) is 0 Å². The van der Waals surface area contributed by atoms with Crippen molar-refractivity contribution in [2.45, 2.75) is 20.0 Å². The van der Waals surface area contributed by atoms with E-state index in [9.17, 15) is 22.8 Å². The molecule has 2 aromatic rings. The number of carbonyl (C=O) groups is 2. The maximum absolute atomic E-state index is 12.8. The minimum Gasteiger partial charge on any atom is -0.366 e. The van der Waals surface area contributed by atoms with Crippen LogP contribution in [0.25, 0.3) is 5.57 Å². The van der Waals surface area contributed by atoms with Crippen LogP contribution >= 0.6 is 0 Å². The van der Waals surface area contributed by atoms with Crippen molar-refractivity contribution in [1.82, 2.24) is 0 Å². The van der Waals surface area contributed by atoms with E-state index in [-0.39, 0.29) is 16.7 Å². The van der Waals surface area contributed by atoms with Crippen molar-refractivity contribution in [3.05, 3.63) is 70.8 Å². The first-order chi connectivity index (χ1) is 12.0. The Morgan fingerprint density at radius 1 is 1.00 bits per heavy atom. The number of primary amides is 1. The number of alkyl halides is 3. The highest BCUT2D eigenvalue weighted by Gasteiger charge is 2.33. The number of amides is 2. The highest BCUT2D eigenvalue weighted by Crippen LogP contribution is 2.35. The summed E-state index contributed by atoms with van der Waals surface area (Å²) in [4.78, 5) is 23.6. The molecular weight excluding hydrogens is 345 g/mol. The van der Waals surface area contributed by atoms with Crippen LogP contribution in [0.5, 0.6) is 0 Å². The number of benzene rings is 2. The Morgan fingerprint density at radius 3 is 2.04 bits per heavy atom. The number of anilines is 1. The van der Waals surface area contributed by atoms with Crippen LogP contribution in [0.3, 0.4) is 0 Å². The first-order valence-corrected chi connectivity index (χ1v) is 7.59. The summed E-state index contributed by atoms with van der Waals surface area (Å²) in [6.07, 6.45) is -4.53. The van der Waals surface area contributed by atoms with E-state index in [4.69, 9.17) is 5.73 Å². The fourth-order valence-electron chi connectivity index (χ4n) is 2.50. The van der Waals surface area contributed by atoms with Gasteiger partial charge < -0.3 is 11.1 Å². The third kappa shape index (κ3) is 4.11. The number of nitrogens with two attached hydrogens (primary N) is 1. The summed E-state index contributed by atoms with van der Waals surface area (Å²) in [6, 6.07) is 8.49. The average Bonchev–Trinajstić information content (AvgIpc) is 2.56. The summed E-state index contributed by atoms with van der Waals surface area (Å²) in [6.45, 7) is 6.27. The molecule has 0 fully saturated rings. The molecule has 4 nitrogen and oxygen atoms in total. The predicted molar refractivity (Wildman–Crippen MR) is 93.9 cm³/mol. The molecular formula is C19H17F3N2O2. The van der Waals surface area contributed by atoms with Gasteiger partial charge in [-0.1, -0.05) is 12.6 Å². The van der Waals surface area contributed by atoms with Crippen LogP contribution in [-0.2, 0) is 0 Å². The van der Waals surface area contributed by atoms with E-state index in [1.165, 1.54) is 36.4 Å². The molecule has 0 spiro atoms. The molecule has 0 saturated heterocycles. The number of rotatable bonds is 4. The molecule has 136 valence electrons. The van der Waals surface area contributed by atoms with Crippen molar-refractivity contribution < 1.29 is 22.8 Å². The molecule has 0 heterocycles. The minimum absolute atomic E-state index is 0.0544. The monoisotopic (exact) mass is 362 g/mol. The Balaban J connectivity index is 2.33. The highest BCUT2D eigenvalue weighted by atomic mass is 19.4.